The molecule has 0 spiro atoms. The Morgan fingerprint density at radius 2 is 1.92 bits per heavy atom. The topological polar surface area (TPSA) is 146 Å². The number of aromatic nitrogens is 1. The number of nitrogens with one attached hydrogen (secondary N) is 2. The van der Waals surface area contributed by atoms with Crippen molar-refractivity contribution in [2.45, 2.75) is 32.6 Å². The monoisotopic (exact) mass is 483 g/mol. The highest BCUT2D eigenvalue weighted by Crippen LogP contribution is 2.38. The summed E-state index contributed by atoms with van der Waals surface area (Å²) in [5.74, 6) is 0.0497. The zero-order valence-corrected chi connectivity index (χ0v) is 20.3. The molecule has 1 saturated heterocycles. The Morgan fingerprint density at radius 1 is 1.14 bits per heavy atom. The van der Waals surface area contributed by atoms with Gasteiger partial charge in [-0.1, -0.05) is 6.07 Å². The molecule has 1 saturated carbocycles. The lowest BCUT2D eigenvalue weighted by atomic mass is 9.95. The van der Waals surface area contributed by atoms with Crippen LogP contribution in [0.15, 0.2) is 41.6 Å². The Morgan fingerprint density at radius 3 is 2.64 bits per heavy atom. The van der Waals surface area contributed by atoms with E-state index in [1.54, 1.807) is 12.3 Å². The summed E-state index contributed by atoms with van der Waals surface area (Å²) in [4.78, 5) is 32.7. The predicted octanol–water partition coefficient (Wildman–Crippen LogP) is 5.25. The third-order valence-corrected chi connectivity index (χ3v) is 7.19. The molecule has 1 aliphatic carbocycles. The highest BCUT2D eigenvalue weighted by Gasteiger charge is 2.32. The second-order valence-corrected chi connectivity index (χ2v) is 9.74. The summed E-state index contributed by atoms with van der Waals surface area (Å²) in [6, 6.07) is 9.41. The number of hydrogen-bond donors (Lipinski definition) is 3. The van der Waals surface area contributed by atoms with E-state index in [0.29, 0.717) is 22.7 Å². The van der Waals surface area contributed by atoms with Crippen LogP contribution < -0.4 is 16.4 Å². The fourth-order valence-corrected chi connectivity index (χ4v) is 4.88. The van der Waals surface area contributed by atoms with Crippen molar-refractivity contribution < 1.29 is 9.59 Å². The van der Waals surface area contributed by atoms with E-state index in [0.717, 1.165) is 73.0 Å². The third kappa shape index (κ3) is 4.76. The van der Waals surface area contributed by atoms with Gasteiger partial charge in [0.25, 0.3) is 5.91 Å². The summed E-state index contributed by atoms with van der Waals surface area (Å²) in [6.45, 7) is 4.62. The molecule has 4 N–H and O–H groups in total. The summed E-state index contributed by atoms with van der Waals surface area (Å²) in [5, 5.41) is 11.1. The second kappa shape index (κ2) is 9.97. The predicted molar refractivity (Wildman–Crippen MR) is 141 cm³/mol. The molecule has 184 valence electrons. The van der Waals surface area contributed by atoms with Gasteiger partial charge in [-0.15, -0.1) is 0 Å². The maximum absolute atomic E-state index is 13.2. The van der Waals surface area contributed by atoms with Gasteiger partial charge in [0, 0.05) is 40.2 Å². The number of ketones is 1. The average molecular weight is 484 g/mol. The Kier molecular flexibility index (Phi) is 6.59. The van der Waals surface area contributed by atoms with Gasteiger partial charge in [-0.2, -0.15) is 0 Å². The van der Waals surface area contributed by atoms with Crippen molar-refractivity contribution in [1.29, 1.82) is 0 Å². The van der Waals surface area contributed by atoms with Gasteiger partial charge in [0.2, 0.25) is 0 Å². The molecule has 9 nitrogen and oxygen atoms in total. The van der Waals surface area contributed by atoms with Gasteiger partial charge in [0.05, 0.1) is 16.8 Å². The molecule has 1 aliphatic heterocycles. The molecule has 9 heteroatoms. The van der Waals surface area contributed by atoms with Crippen molar-refractivity contribution in [1.82, 2.24) is 10.3 Å². The number of carbonyl (C=O) groups is 2. The van der Waals surface area contributed by atoms with Crippen LogP contribution in [0.25, 0.3) is 32.5 Å². The normalized spacial score (nSPS) is 15.9. The van der Waals surface area contributed by atoms with Gasteiger partial charge in [-0.05, 0) is 103 Å². The number of hydrogen-bond acceptors (Lipinski definition) is 6. The molecule has 1 amide bonds. The highest BCUT2D eigenvalue weighted by molar-refractivity contribution is 6.10. The van der Waals surface area contributed by atoms with E-state index < -0.39 is 5.91 Å². The molecule has 1 aromatic heterocycles. The molecule has 0 atom stereocenters. The van der Waals surface area contributed by atoms with E-state index in [2.05, 4.69) is 25.6 Å². The molecule has 0 radical (unpaired) electrons. The van der Waals surface area contributed by atoms with Gasteiger partial charge in [-0.25, -0.2) is 0 Å². The fraction of sp³-hybridized carbons (Fsp3) is 0.370. The maximum Gasteiger partial charge on any atom is 0.251 e. The first-order valence-corrected chi connectivity index (χ1v) is 12.4. The van der Waals surface area contributed by atoms with Crippen LogP contribution in [-0.4, -0.2) is 36.3 Å². The Hall–Kier alpha value is -3.94. The zero-order valence-electron chi connectivity index (χ0n) is 20.3. The Labute approximate surface area is 209 Å². The molecule has 0 bridgehead atoms. The number of anilines is 2. The first-order valence-electron chi connectivity index (χ1n) is 12.4. The number of nitrogen functional groups attached to an aromatic ring is 1. The molecule has 5 rings (SSSR count). The minimum Gasteiger partial charge on any atom is -0.398 e. The van der Waals surface area contributed by atoms with E-state index >= 15 is 0 Å². The van der Waals surface area contributed by atoms with E-state index in [1.165, 1.54) is 0 Å². The number of nitrogens with two attached hydrogens (primary N) is 1. The van der Waals surface area contributed by atoms with Crippen LogP contribution in [0.5, 0.6) is 0 Å². The standard InChI is InChI=1S/C27H29N7O2/c1-15-10-19(12-21(24(15)28)27(36)33-34-29)18-4-5-23-20(11-18)25(32-13-16-6-8-30-9-7-16)22(14-31-23)26(35)17-2-3-17/h4-5,10-12,14,16-17,30H,2-3,6-9,13,28H2,1H3,(H,31,32). The summed E-state index contributed by atoms with van der Waals surface area (Å²) in [6.07, 6.45) is 5.76. The fourth-order valence-electron chi connectivity index (χ4n) is 4.88. The number of piperidine rings is 1. The van der Waals surface area contributed by atoms with E-state index in [1.807, 2.05) is 31.2 Å². The molecular formula is C27H29N7O2. The van der Waals surface area contributed by atoms with Crippen molar-refractivity contribution in [2.24, 2.45) is 17.0 Å². The summed E-state index contributed by atoms with van der Waals surface area (Å²) in [5.41, 5.74) is 19.9. The second-order valence-electron chi connectivity index (χ2n) is 9.74. The van der Waals surface area contributed by atoms with E-state index in [4.69, 9.17) is 11.3 Å². The van der Waals surface area contributed by atoms with Crippen molar-refractivity contribution in [3.8, 4) is 11.1 Å². The van der Waals surface area contributed by atoms with E-state index in [-0.39, 0.29) is 17.3 Å². The molecule has 0 unspecified atom stereocenters. The summed E-state index contributed by atoms with van der Waals surface area (Å²) in [7, 11) is 0. The van der Waals surface area contributed by atoms with Crippen molar-refractivity contribution in [3.63, 3.8) is 0 Å². The van der Waals surface area contributed by atoms with Crippen LogP contribution in [-0.2, 0) is 0 Å². The molecule has 3 aromatic rings. The van der Waals surface area contributed by atoms with Crippen molar-refractivity contribution >= 4 is 34.0 Å². The minimum absolute atomic E-state index is 0.0841. The van der Waals surface area contributed by atoms with Crippen LogP contribution in [0.1, 0.15) is 52.0 Å². The molecule has 36 heavy (non-hydrogen) atoms. The number of nitrogens with zero attached hydrogens (tertiary/aromatic N) is 4. The minimum atomic E-state index is -0.718. The van der Waals surface area contributed by atoms with Crippen LogP contribution in [0.2, 0.25) is 0 Å². The lowest BCUT2D eigenvalue weighted by Crippen LogP contribution is -2.31. The van der Waals surface area contributed by atoms with E-state index in [9.17, 15) is 9.59 Å². The first kappa shape index (κ1) is 23.8. The molecule has 2 heterocycles. The number of aryl methyl sites for hydroxylation is 1. The van der Waals surface area contributed by atoms with Gasteiger partial charge >= 0.3 is 0 Å². The number of azide groups is 1. The number of pyridine rings is 1. The SMILES string of the molecule is Cc1cc(-c2ccc3ncc(C(=O)C4CC4)c(NCC4CCNCC4)c3c2)cc(C(=O)N=[N+]=[N-])c1N. The smallest absolute Gasteiger partial charge is 0.251 e. The van der Waals surface area contributed by atoms with Crippen LogP contribution in [0.4, 0.5) is 11.4 Å². The number of rotatable bonds is 7. The first-order chi connectivity index (χ1) is 17.5. The Balaban J connectivity index is 1.60. The maximum atomic E-state index is 13.2. The molecule has 2 aromatic carbocycles. The largest absolute Gasteiger partial charge is 0.398 e. The molecule has 2 fully saturated rings. The van der Waals surface area contributed by atoms with Crippen LogP contribution >= 0.6 is 0 Å². The summed E-state index contributed by atoms with van der Waals surface area (Å²) >= 11 is 0. The Bertz CT molecular complexity index is 1400. The highest BCUT2D eigenvalue weighted by atomic mass is 16.1. The lowest BCUT2D eigenvalue weighted by Gasteiger charge is -2.24. The number of amides is 1. The third-order valence-electron chi connectivity index (χ3n) is 7.19. The lowest BCUT2D eigenvalue weighted by molar-refractivity contribution is 0.0966. The molecule has 2 aliphatic rings. The van der Waals surface area contributed by atoms with Crippen LogP contribution in [0.3, 0.4) is 0 Å². The van der Waals surface area contributed by atoms with Crippen LogP contribution in [0, 0.1) is 18.8 Å². The van der Waals surface area contributed by atoms with Gasteiger partial charge in [0.1, 0.15) is 0 Å². The number of benzene rings is 2. The van der Waals surface area contributed by atoms with Crippen molar-refractivity contribution in [3.05, 3.63) is 63.7 Å². The van der Waals surface area contributed by atoms with Crippen molar-refractivity contribution in [2.75, 3.05) is 30.7 Å². The number of carbonyl (C=O) groups excluding carboxylic acids is 2. The average Bonchev–Trinajstić information content (AvgIpc) is 3.74. The zero-order chi connectivity index (χ0) is 25.2. The van der Waals surface area contributed by atoms with Gasteiger partial charge in [0.15, 0.2) is 5.78 Å². The van der Waals surface area contributed by atoms with Gasteiger partial charge in [-0.3, -0.25) is 14.6 Å². The number of Topliss-reactive ketones (excluding diaryl/α,β-unsaturated/α-hetero) is 1. The van der Waals surface area contributed by atoms with Gasteiger partial charge < -0.3 is 16.4 Å². The summed E-state index contributed by atoms with van der Waals surface area (Å²) < 4.78 is 0. The quantitative estimate of drug-likeness (QED) is 0.138. The molecular weight excluding hydrogens is 454 g/mol. The number of fused-ring (bicyclic) bond motifs is 1.